The van der Waals surface area contributed by atoms with Gasteiger partial charge < -0.3 is 5.32 Å². The van der Waals surface area contributed by atoms with E-state index in [4.69, 9.17) is 0 Å². The minimum atomic E-state index is -0.617. The Morgan fingerprint density at radius 2 is 1.68 bits per heavy atom. The topological polar surface area (TPSA) is 12.0 Å². The Bertz CT molecular complexity index is 576. The smallest absolute Gasteiger partial charge is 0.131 e. The fourth-order valence-corrected chi connectivity index (χ4v) is 2.00. The minimum Gasteiger partial charge on any atom is -0.378 e. The van der Waals surface area contributed by atoms with E-state index in [0.29, 0.717) is 11.3 Å². The van der Waals surface area contributed by atoms with Gasteiger partial charge in [0.05, 0.1) is 6.04 Å². The maximum atomic E-state index is 13.6. The summed E-state index contributed by atoms with van der Waals surface area (Å²) >= 11 is 0. The molecule has 4 heteroatoms. The Hall–Kier alpha value is -1.97. The van der Waals surface area contributed by atoms with Gasteiger partial charge in [-0.25, -0.2) is 13.2 Å². The molecule has 0 aliphatic heterocycles. The zero-order valence-corrected chi connectivity index (χ0v) is 10.7. The monoisotopic (exact) mass is 265 g/mol. The second kappa shape index (κ2) is 5.34. The molecule has 0 fully saturated rings. The number of benzene rings is 2. The van der Waals surface area contributed by atoms with Crippen LogP contribution in [0, 0.1) is 24.4 Å². The zero-order valence-electron chi connectivity index (χ0n) is 10.7. The molecule has 0 saturated carbocycles. The number of aryl methyl sites for hydroxylation is 1. The molecule has 1 N–H and O–H groups in total. The van der Waals surface area contributed by atoms with Crippen molar-refractivity contribution in [3.8, 4) is 0 Å². The van der Waals surface area contributed by atoms with E-state index >= 15 is 0 Å². The first-order chi connectivity index (χ1) is 8.95. The molecule has 0 amide bonds. The fraction of sp³-hybridized carbons (Fsp3) is 0.200. The predicted octanol–water partition coefficient (Wildman–Crippen LogP) is 4.59. The molecule has 1 unspecified atom stereocenters. The van der Waals surface area contributed by atoms with Gasteiger partial charge in [-0.3, -0.25) is 0 Å². The maximum Gasteiger partial charge on any atom is 0.131 e. The highest BCUT2D eigenvalue weighted by Crippen LogP contribution is 2.23. The van der Waals surface area contributed by atoms with Crippen molar-refractivity contribution in [1.82, 2.24) is 0 Å². The quantitative estimate of drug-likeness (QED) is 0.856. The molecule has 0 aromatic heterocycles. The van der Waals surface area contributed by atoms with Gasteiger partial charge in [-0.15, -0.1) is 0 Å². The van der Waals surface area contributed by atoms with Crippen molar-refractivity contribution in [2.24, 2.45) is 0 Å². The summed E-state index contributed by atoms with van der Waals surface area (Å²) in [5.74, 6) is -1.59. The number of hydrogen-bond donors (Lipinski definition) is 1. The minimum absolute atomic E-state index is 0.336. The average molecular weight is 265 g/mol. The maximum absolute atomic E-state index is 13.6. The number of rotatable bonds is 3. The molecular weight excluding hydrogens is 251 g/mol. The second-order valence-corrected chi connectivity index (χ2v) is 4.55. The van der Waals surface area contributed by atoms with Gasteiger partial charge in [0, 0.05) is 17.3 Å². The molecule has 2 rings (SSSR count). The van der Waals surface area contributed by atoms with Crippen molar-refractivity contribution in [2.45, 2.75) is 19.9 Å². The summed E-state index contributed by atoms with van der Waals surface area (Å²) in [6, 6.07) is 7.55. The van der Waals surface area contributed by atoms with Crippen molar-refractivity contribution >= 4 is 5.69 Å². The van der Waals surface area contributed by atoms with E-state index in [1.54, 1.807) is 19.9 Å². The summed E-state index contributed by atoms with van der Waals surface area (Å²) in [7, 11) is 0. The summed E-state index contributed by atoms with van der Waals surface area (Å²) < 4.78 is 39.7. The molecule has 2 aromatic rings. The molecule has 0 aliphatic carbocycles. The molecule has 19 heavy (non-hydrogen) atoms. The normalized spacial score (nSPS) is 12.3. The largest absolute Gasteiger partial charge is 0.378 e. The Labute approximate surface area is 110 Å². The highest BCUT2D eigenvalue weighted by atomic mass is 19.1. The van der Waals surface area contributed by atoms with Gasteiger partial charge in [-0.1, -0.05) is 6.07 Å². The van der Waals surface area contributed by atoms with Crippen LogP contribution in [0.15, 0.2) is 36.4 Å². The van der Waals surface area contributed by atoms with Crippen LogP contribution in [0.5, 0.6) is 0 Å². The summed E-state index contributed by atoms with van der Waals surface area (Å²) in [5.41, 5.74) is 1.67. The summed E-state index contributed by atoms with van der Waals surface area (Å²) in [4.78, 5) is 0. The van der Waals surface area contributed by atoms with Gasteiger partial charge in [0.25, 0.3) is 0 Å². The van der Waals surface area contributed by atoms with Crippen molar-refractivity contribution in [2.75, 3.05) is 5.32 Å². The molecule has 0 aliphatic rings. The molecular formula is C15H14F3N. The molecule has 0 spiro atoms. The average Bonchev–Trinajstić information content (AvgIpc) is 2.26. The van der Waals surface area contributed by atoms with Gasteiger partial charge in [0.15, 0.2) is 0 Å². The lowest BCUT2D eigenvalue weighted by molar-refractivity contribution is 0.566. The third kappa shape index (κ3) is 3.28. The molecule has 0 heterocycles. The molecule has 0 bridgehead atoms. The van der Waals surface area contributed by atoms with E-state index in [9.17, 15) is 13.2 Å². The molecule has 1 atom stereocenters. The second-order valence-electron chi connectivity index (χ2n) is 4.55. The van der Waals surface area contributed by atoms with Crippen LogP contribution in [-0.4, -0.2) is 0 Å². The lowest BCUT2D eigenvalue weighted by atomic mass is 10.1. The van der Waals surface area contributed by atoms with Crippen LogP contribution < -0.4 is 5.32 Å². The van der Waals surface area contributed by atoms with Crippen LogP contribution >= 0.6 is 0 Å². The SMILES string of the molecule is Cc1cc(F)cc(NC(C)c2ccc(F)cc2F)c1. The zero-order chi connectivity index (χ0) is 14.0. The number of nitrogens with one attached hydrogen (secondary N) is 1. The summed E-state index contributed by atoms with van der Waals surface area (Å²) in [5, 5.41) is 3.00. The third-order valence-corrected chi connectivity index (χ3v) is 2.85. The molecule has 1 nitrogen and oxygen atoms in total. The molecule has 100 valence electrons. The van der Waals surface area contributed by atoms with E-state index in [1.807, 2.05) is 0 Å². The van der Waals surface area contributed by atoms with Crippen LogP contribution in [0.2, 0.25) is 0 Å². The van der Waals surface area contributed by atoms with Crippen LogP contribution in [0.3, 0.4) is 0 Å². The Balaban J connectivity index is 2.22. The van der Waals surface area contributed by atoms with E-state index in [2.05, 4.69) is 5.32 Å². The van der Waals surface area contributed by atoms with Crippen molar-refractivity contribution < 1.29 is 13.2 Å². The first-order valence-electron chi connectivity index (χ1n) is 5.94. The number of halogens is 3. The van der Waals surface area contributed by atoms with Crippen LogP contribution in [-0.2, 0) is 0 Å². The van der Waals surface area contributed by atoms with Gasteiger partial charge >= 0.3 is 0 Å². The van der Waals surface area contributed by atoms with Gasteiger partial charge in [0.2, 0.25) is 0 Å². The standard InChI is InChI=1S/C15H14F3N/c1-9-5-12(17)7-13(6-9)19-10(2)14-4-3-11(16)8-15(14)18/h3-8,10,19H,1-2H3. The van der Waals surface area contributed by atoms with Crippen LogP contribution in [0.25, 0.3) is 0 Å². The van der Waals surface area contributed by atoms with Crippen LogP contribution in [0.4, 0.5) is 18.9 Å². The fourth-order valence-electron chi connectivity index (χ4n) is 2.00. The number of hydrogen-bond acceptors (Lipinski definition) is 1. The van der Waals surface area contributed by atoms with E-state index in [-0.39, 0.29) is 11.9 Å². The van der Waals surface area contributed by atoms with Gasteiger partial charge in [-0.05, 0) is 43.7 Å². The highest BCUT2D eigenvalue weighted by Gasteiger charge is 2.12. The molecule has 0 saturated heterocycles. The van der Waals surface area contributed by atoms with Crippen molar-refractivity contribution in [1.29, 1.82) is 0 Å². The first kappa shape index (κ1) is 13.5. The molecule has 0 radical (unpaired) electrons. The van der Waals surface area contributed by atoms with Crippen molar-refractivity contribution in [3.63, 3.8) is 0 Å². The van der Waals surface area contributed by atoms with Crippen LogP contribution in [0.1, 0.15) is 24.1 Å². The van der Waals surface area contributed by atoms with E-state index in [1.165, 1.54) is 24.3 Å². The van der Waals surface area contributed by atoms with E-state index in [0.717, 1.165) is 11.6 Å². The predicted molar refractivity (Wildman–Crippen MR) is 69.5 cm³/mol. The van der Waals surface area contributed by atoms with Gasteiger partial charge in [-0.2, -0.15) is 0 Å². The lowest BCUT2D eigenvalue weighted by Gasteiger charge is -2.17. The Morgan fingerprint density at radius 3 is 2.32 bits per heavy atom. The summed E-state index contributed by atoms with van der Waals surface area (Å²) in [6.45, 7) is 3.51. The van der Waals surface area contributed by atoms with Crippen molar-refractivity contribution in [3.05, 3.63) is 65.0 Å². The Morgan fingerprint density at radius 1 is 0.947 bits per heavy atom. The molecule has 2 aromatic carbocycles. The first-order valence-corrected chi connectivity index (χ1v) is 5.94. The van der Waals surface area contributed by atoms with E-state index < -0.39 is 11.6 Å². The highest BCUT2D eigenvalue weighted by molar-refractivity contribution is 5.48. The summed E-state index contributed by atoms with van der Waals surface area (Å²) in [6.07, 6.45) is 0. The van der Waals surface area contributed by atoms with Gasteiger partial charge in [0.1, 0.15) is 17.5 Å². The Kier molecular flexibility index (Phi) is 3.79. The third-order valence-electron chi connectivity index (χ3n) is 2.85. The lowest BCUT2D eigenvalue weighted by Crippen LogP contribution is -2.09. The number of anilines is 1.